The number of hydrogen-bond donors (Lipinski definition) is 3. The standard InChI is InChI=1S/C21H29FN4O3S/c1-14-12-26(21(28)24-14)9-3-2-4-10-30-25-19(20(23)27)16-7-8-17(22)18(11-16)29-13-15-5-6-15/h7-8,11,15,19,25H,1-6,9-10,12-13H2,(H2,23,27)(H,24,28). The number of amides is 3. The molecule has 1 aromatic rings. The molecule has 164 valence electrons. The fourth-order valence-corrected chi connectivity index (χ4v) is 4.03. The Bertz CT molecular complexity index is 788. The molecule has 9 heteroatoms. The molecule has 2 aliphatic rings. The number of urea groups is 1. The van der Waals surface area contributed by atoms with Gasteiger partial charge in [-0.2, -0.15) is 0 Å². The van der Waals surface area contributed by atoms with Gasteiger partial charge in [0, 0.05) is 18.0 Å². The average molecular weight is 437 g/mol. The largest absolute Gasteiger partial charge is 0.490 e. The van der Waals surface area contributed by atoms with Gasteiger partial charge in [-0.3, -0.25) is 4.79 Å². The summed E-state index contributed by atoms with van der Waals surface area (Å²) in [4.78, 5) is 25.3. The summed E-state index contributed by atoms with van der Waals surface area (Å²) >= 11 is 1.41. The normalized spacial score (nSPS) is 17.2. The van der Waals surface area contributed by atoms with Crippen molar-refractivity contribution < 1.29 is 18.7 Å². The van der Waals surface area contributed by atoms with Gasteiger partial charge in [-0.05, 0) is 49.3 Å². The van der Waals surface area contributed by atoms with Gasteiger partial charge in [-0.1, -0.05) is 31.0 Å². The zero-order valence-electron chi connectivity index (χ0n) is 17.0. The monoisotopic (exact) mass is 436 g/mol. The predicted octanol–water partition coefficient (Wildman–Crippen LogP) is 3.09. The van der Waals surface area contributed by atoms with Crippen molar-refractivity contribution in [2.45, 2.75) is 38.1 Å². The second-order valence-electron chi connectivity index (χ2n) is 7.76. The fourth-order valence-electron chi connectivity index (χ4n) is 3.14. The van der Waals surface area contributed by atoms with Crippen LogP contribution < -0.4 is 20.5 Å². The molecule has 0 aromatic heterocycles. The summed E-state index contributed by atoms with van der Waals surface area (Å²) in [5, 5.41) is 2.69. The molecule has 1 aliphatic carbocycles. The van der Waals surface area contributed by atoms with Gasteiger partial charge in [0.15, 0.2) is 11.6 Å². The Labute approximate surface area is 180 Å². The molecule has 0 radical (unpaired) electrons. The van der Waals surface area contributed by atoms with Gasteiger partial charge >= 0.3 is 6.03 Å². The summed E-state index contributed by atoms with van der Waals surface area (Å²) in [5.41, 5.74) is 6.87. The van der Waals surface area contributed by atoms with Crippen LogP contribution in [0.15, 0.2) is 30.5 Å². The van der Waals surface area contributed by atoms with Crippen molar-refractivity contribution in [1.29, 1.82) is 0 Å². The van der Waals surface area contributed by atoms with E-state index < -0.39 is 17.8 Å². The maximum atomic E-state index is 14.0. The van der Waals surface area contributed by atoms with Crippen LogP contribution in [0.25, 0.3) is 0 Å². The van der Waals surface area contributed by atoms with E-state index in [1.807, 2.05) is 0 Å². The average Bonchev–Trinajstić information content (AvgIpc) is 3.47. The number of benzene rings is 1. The molecular weight excluding hydrogens is 407 g/mol. The van der Waals surface area contributed by atoms with Crippen LogP contribution in [-0.2, 0) is 4.79 Å². The summed E-state index contributed by atoms with van der Waals surface area (Å²) in [6.07, 6.45) is 5.02. The molecule has 0 spiro atoms. The van der Waals surface area contributed by atoms with Gasteiger partial charge in [0.05, 0.1) is 13.2 Å². The molecule has 1 heterocycles. The highest BCUT2D eigenvalue weighted by Crippen LogP contribution is 2.31. The smallest absolute Gasteiger partial charge is 0.321 e. The van der Waals surface area contributed by atoms with E-state index in [-0.39, 0.29) is 11.8 Å². The van der Waals surface area contributed by atoms with E-state index in [1.54, 1.807) is 17.0 Å². The summed E-state index contributed by atoms with van der Waals surface area (Å²) in [6.45, 7) is 5.52. The minimum Gasteiger partial charge on any atom is -0.490 e. The second-order valence-corrected chi connectivity index (χ2v) is 8.69. The molecule has 3 amide bonds. The first-order valence-corrected chi connectivity index (χ1v) is 11.2. The lowest BCUT2D eigenvalue weighted by atomic mass is 10.1. The Hall–Kier alpha value is -2.26. The minimum absolute atomic E-state index is 0.0832. The van der Waals surface area contributed by atoms with Gasteiger partial charge in [0.2, 0.25) is 5.91 Å². The number of ether oxygens (including phenoxy) is 1. The summed E-state index contributed by atoms with van der Waals surface area (Å²) < 4.78 is 22.6. The first-order chi connectivity index (χ1) is 14.4. The third-order valence-electron chi connectivity index (χ3n) is 5.07. The van der Waals surface area contributed by atoms with E-state index in [9.17, 15) is 14.0 Å². The van der Waals surface area contributed by atoms with Crippen LogP contribution in [0.4, 0.5) is 9.18 Å². The number of halogens is 1. The maximum absolute atomic E-state index is 14.0. The van der Waals surface area contributed by atoms with Crippen LogP contribution >= 0.6 is 11.9 Å². The lowest BCUT2D eigenvalue weighted by Gasteiger charge is -2.17. The Morgan fingerprint density at radius 2 is 2.20 bits per heavy atom. The molecule has 30 heavy (non-hydrogen) atoms. The predicted molar refractivity (Wildman–Crippen MR) is 115 cm³/mol. The van der Waals surface area contributed by atoms with Crippen LogP contribution in [0.2, 0.25) is 0 Å². The lowest BCUT2D eigenvalue weighted by molar-refractivity contribution is -0.119. The fraction of sp³-hybridized carbons (Fsp3) is 0.524. The van der Waals surface area contributed by atoms with Gasteiger partial charge in [0.1, 0.15) is 6.04 Å². The molecule has 2 fully saturated rings. The van der Waals surface area contributed by atoms with Crippen LogP contribution in [0.5, 0.6) is 5.75 Å². The van der Waals surface area contributed by atoms with Crippen LogP contribution in [0.3, 0.4) is 0 Å². The summed E-state index contributed by atoms with van der Waals surface area (Å²) in [5.74, 6) is 0.487. The van der Waals surface area contributed by atoms with E-state index in [2.05, 4.69) is 16.6 Å². The van der Waals surface area contributed by atoms with E-state index in [1.165, 1.54) is 18.0 Å². The topological polar surface area (TPSA) is 96.7 Å². The van der Waals surface area contributed by atoms with E-state index in [0.717, 1.165) is 43.6 Å². The van der Waals surface area contributed by atoms with E-state index in [4.69, 9.17) is 10.5 Å². The molecule has 4 N–H and O–H groups in total. The first kappa shape index (κ1) is 22.4. The number of carbonyl (C=O) groups is 2. The van der Waals surface area contributed by atoms with Crippen LogP contribution in [0, 0.1) is 11.7 Å². The van der Waals surface area contributed by atoms with Crippen molar-refractivity contribution in [2.75, 3.05) is 25.4 Å². The van der Waals surface area contributed by atoms with Gasteiger partial charge in [-0.25, -0.2) is 13.9 Å². The third-order valence-corrected chi connectivity index (χ3v) is 5.97. The van der Waals surface area contributed by atoms with E-state index >= 15 is 0 Å². The number of nitrogens with one attached hydrogen (secondary N) is 2. The highest BCUT2D eigenvalue weighted by molar-refractivity contribution is 7.97. The Balaban J connectivity index is 1.39. The molecule has 1 saturated heterocycles. The zero-order chi connectivity index (χ0) is 21.5. The Morgan fingerprint density at radius 1 is 1.40 bits per heavy atom. The van der Waals surface area contributed by atoms with Crippen molar-refractivity contribution >= 4 is 23.9 Å². The summed E-state index contributed by atoms with van der Waals surface area (Å²) in [6, 6.07) is 3.61. The minimum atomic E-state index is -0.724. The van der Waals surface area contributed by atoms with Gasteiger partial charge in [-0.15, -0.1) is 0 Å². The van der Waals surface area contributed by atoms with Gasteiger partial charge in [0.25, 0.3) is 0 Å². The van der Waals surface area contributed by atoms with Crippen LogP contribution in [0.1, 0.15) is 43.7 Å². The van der Waals surface area contributed by atoms with Crippen molar-refractivity contribution in [3.8, 4) is 5.75 Å². The molecule has 1 aromatic carbocycles. The molecule has 1 aliphatic heterocycles. The van der Waals surface area contributed by atoms with E-state index in [0.29, 0.717) is 31.2 Å². The van der Waals surface area contributed by atoms with Crippen LogP contribution in [-0.4, -0.2) is 42.3 Å². The maximum Gasteiger partial charge on any atom is 0.321 e. The summed E-state index contributed by atoms with van der Waals surface area (Å²) in [7, 11) is 0. The highest BCUT2D eigenvalue weighted by Gasteiger charge is 2.24. The number of nitrogens with two attached hydrogens (primary N) is 1. The Kier molecular flexibility index (Phi) is 7.98. The van der Waals surface area contributed by atoms with Gasteiger partial charge < -0.3 is 20.7 Å². The van der Waals surface area contributed by atoms with Crippen molar-refractivity contribution in [3.05, 3.63) is 41.9 Å². The highest BCUT2D eigenvalue weighted by atomic mass is 32.2. The quantitative estimate of drug-likeness (QED) is 0.326. The zero-order valence-corrected chi connectivity index (χ0v) is 17.8. The molecule has 1 atom stereocenters. The molecule has 7 nitrogen and oxygen atoms in total. The molecule has 0 bridgehead atoms. The number of unbranched alkanes of at least 4 members (excludes halogenated alkanes) is 2. The number of primary amides is 1. The number of hydrogen-bond acceptors (Lipinski definition) is 5. The number of carbonyl (C=O) groups excluding carboxylic acids is 2. The van der Waals surface area contributed by atoms with Crippen molar-refractivity contribution in [3.63, 3.8) is 0 Å². The molecule has 1 saturated carbocycles. The SMILES string of the molecule is C=C1CN(CCCCCSNC(C(N)=O)c2ccc(F)c(OCC3CC3)c2)C(=O)N1. The Morgan fingerprint density at radius 3 is 2.87 bits per heavy atom. The number of rotatable bonds is 13. The van der Waals surface area contributed by atoms with Crippen molar-refractivity contribution in [1.82, 2.24) is 14.9 Å². The molecule has 1 unspecified atom stereocenters. The third kappa shape index (κ3) is 6.63. The van der Waals surface area contributed by atoms with Crippen molar-refractivity contribution in [2.24, 2.45) is 11.7 Å². The molecule has 3 rings (SSSR count). The molecular formula is C21H29FN4O3S. The lowest BCUT2D eigenvalue weighted by Crippen LogP contribution is -2.30. The number of nitrogens with zero attached hydrogens (tertiary/aromatic N) is 1. The first-order valence-electron chi connectivity index (χ1n) is 10.3. The second kappa shape index (κ2) is 10.7.